The van der Waals surface area contributed by atoms with Crippen LogP contribution in [-0.2, 0) is 19.3 Å². The molecule has 1 atom stereocenters. The summed E-state index contributed by atoms with van der Waals surface area (Å²) >= 11 is 0. The quantitative estimate of drug-likeness (QED) is 0.290. The molecule has 0 saturated heterocycles. The Labute approximate surface area is 200 Å². The van der Waals surface area contributed by atoms with Crippen LogP contribution in [0, 0.1) is 6.92 Å². The summed E-state index contributed by atoms with van der Waals surface area (Å²) in [5.41, 5.74) is 3.39. The number of aryl methyl sites for hydroxylation is 1. The molecule has 4 nitrogen and oxygen atoms in total. The van der Waals surface area contributed by atoms with Gasteiger partial charge >= 0.3 is 6.18 Å². The lowest BCUT2D eigenvalue weighted by atomic mass is 10.0. The van der Waals surface area contributed by atoms with E-state index in [1.165, 1.54) is 6.07 Å². The standard InChI is InChI=1S/C28H24F3N3O/c1-18-11-12-24-23(13-18)25-26(34(24)16-20-7-6-10-22(14-20)28(29,30)31)27(35)33(17-32-25)15-19(2)21-8-4-3-5-9-21/h3-14,17,19H,15-16H2,1-2H3. The highest BCUT2D eigenvalue weighted by Gasteiger charge is 2.30. The largest absolute Gasteiger partial charge is 0.416 e. The van der Waals surface area contributed by atoms with E-state index in [9.17, 15) is 18.0 Å². The summed E-state index contributed by atoms with van der Waals surface area (Å²) in [5, 5.41) is 0.812. The van der Waals surface area contributed by atoms with Crippen molar-refractivity contribution in [3.05, 3.63) is 112 Å². The summed E-state index contributed by atoms with van der Waals surface area (Å²) in [6.07, 6.45) is -2.86. The van der Waals surface area contributed by atoms with Gasteiger partial charge in [0.25, 0.3) is 5.56 Å². The first-order chi connectivity index (χ1) is 16.7. The maximum Gasteiger partial charge on any atom is 0.416 e. The first-order valence-electron chi connectivity index (χ1n) is 11.4. The number of aromatic nitrogens is 3. The first kappa shape index (κ1) is 22.9. The molecular formula is C28H24F3N3O. The van der Waals surface area contributed by atoms with Crippen LogP contribution in [-0.4, -0.2) is 14.1 Å². The molecule has 0 N–H and O–H groups in total. The van der Waals surface area contributed by atoms with E-state index in [2.05, 4.69) is 4.98 Å². The average Bonchev–Trinajstić information content (AvgIpc) is 3.14. The highest BCUT2D eigenvalue weighted by atomic mass is 19.4. The second-order valence-corrected chi connectivity index (χ2v) is 9.02. The molecule has 0 amide bonds. The lowest BCUT2D eigenvalue weighted by Crippen LogP contribution is -2.24. The van der Waals surface area contributed by atoms with Gasteiger partial charge < -0.3 is 4.57 Å². The van der Waals surface area contributed by atoms with Crippen molar-refractivity contribution in [2.75, 3.05) is 0 Å². The number of nitrogens with zero attached hydrogens (tertiary/aromatic N) is 3. The number of fused-ring (bicyclic) bond motifs is 3. The minimum Gasteiger partial charge on any atom is -0.330 e. The molecule has 0 radical (unpaired) electrons. The molecule has 0 spiro atoms. The Morgan fingerprint density at radius 1 is 0.971 bits per heavy atom. The Morgan fingerprint density at radius 2 is 1.74 bits per heavy atom. The Hall–Kier alpha value is -3.87. The van der Waals surface area contributed by atoms with Gasteiger partial charge in [0.05, 0.1) is 17.4 Å². The summed E-state index contributed by atoms with van der Waals surface area (Å²) in [4.78, 5) is 18.3. The zero-order chi connectivity index (χ0) is 24.7. The molecule has 178 valence electrons. The monoisotopic (exact) mass is 475 g/mol. The Bertz CT molecular complexity index is 1580. The van der Waals surface area contributed by atoms with Crippen LogP contribution >= 0.6 is 0 Å². The molecule has 2 heterocycles. The zero-order valence-corrected chi connectivity index (χ0v) is 19.4. The van der Waals surface area contributed by atoms with Gasteiger partial charge in [-0.05, 0) is 48.2 Å². The van der Waals surface area contributed by atoms with E-state index in [-0.39, 0.29) is 18.0 Å². The van der Waals surface area contributed by atoms with Gasteiger partial charge in [-0.1, -0.05) is 61.0 Å². The van der Waals surface area contributed by atoms with Crippen LogP contribution in [0.5, 0.6) is 0 Å². The predicted octanol–water partition coefficient (Wildman–Crippen LogP) is 6.53. The molecule has 5 aromatic rings. The Balaban J connectivity index is 1.65. The van der Waals surface area contributed by atoms with Crippen molar-refractivity contribution in [1.82, 2.24) is 14.1 Å². The van der Waals surface area contributed by atoms with Crippen LogP contribution in [0.25, 0.3) is 21.9 Å². The van der Waals surface area contributed by atoms with Gasteiger partial charge in [0.2, 0.25) is 0 Å². The average molecular weight is 476 g/mol. The maximum absolute atomic E-state index is 13.7. The molecule has 0 saturated carbocycles. The van der Waals surface area contributed by atoms with Crippen molar-refractivity contribution in [2.24, 2.45) is 0 Å². The lowest BCUT2D eigenvalue weighted by Gasteiger charge is -2.14. The molecular weight excluding hydrogens is 451 g/mol. The van der Waals surface area contributed by atoms with Crippen molar-refractivity contribution in [2.45, 2.75) is 39.0 Å². The number of benzene rings is 3. The summed E-state index contributed by atoms with van der Waals surface area (Å²) < 4.78 is 43.3. The van der Waals surface area contributed by atoms with Gasteiger partial charge in [0.15, 0.2) is 0 Å². The predicted molar refractivity (Wildman–Crippen MR) is 132 cm³/mol. The van der Waals surface area contributed by atoms with Gasteiger partial charge in [-0.25, -0.2) is 4.98 Å². The van der Waals surface area contributed by atoms with Crippen molar-refractivity contribution >= 4 is 21.9 Å². The van der Waals surface area contributed by atoms with Gasteiger partial charge in [-0.15, -0.1) is 0 Å². The van der Waals surface area contributed by atoms with E-state index in [0.29, 0.717) is 23.1 Å². The van der Waals surface area contributed by atoms with E-state index in [4.69, 9.17) is 0 Å². The van der Waals surface area contributed by atoms with Crippen LogP contribution in [0.4, 0.5) is 13.2 Å². The summed E-state index contributed by atoms with van der Waals surface area (Å²) in [5.74, 6) is 0.0803. The minimum absolute atomic E-state index is 0.0803. The molecule has 0 fully saturated rings. The van der Waals surface area contributed by atoms with Crippen LogP contribution in [0.2, 0.25) is 0 Å². The highest BCUT2D eigenvalue weighted by molar-refractivity contribution is 6.05. The first-order valence-corrected chi connectivity index (χ1v) is 11.4. The summed E-state index contributed by atoms with van der Waals surface area (Å²) in [7, 11) is 0. The molecule has 0 aliphatic rings. The molecule has 2 aromatic heterocycles. The third-order valence-corrected chi connectivity index (χ3v) is 6.42. The van der Waals surface area contributed by atoms with Gasteiger partial charge in [-0.2, -0.15) is 13.2 Å². The van der Waals surface area contributed by atoms with Gasteiger partial charge in [-0.3, -0.25) is 9.36 Å². The van der Waals surface area contributed by atoms with E-state index in [1.807, 2.05) is 62.4 Å². The summed E-state index contributed by atoms with van der Waals surface area (Å²) in [6.45, 7) is 4.57. The van der Waals surface area contributed by atoms with E-state index in [1.54, 1.807) is 21.5 Å². The third-order valence-electron chi connectivity index (χ3n) is 6.42. The number of rotatable bonds is 5. The summed E-state index contributed by atoms with van der Waals surface area (Å²) in [6, 6.07) is 20.9. The number of hydrogen-bond acceptors (Lipinski definition) is 2. The zero-order valence-electron chi connectivity index (χ0n) is 19.4. The van der Waals surface area contributed by atoms with Crippen molar-refractivity contribution in [3.8, 4) is 0 Å². The second-order valence-electron chi connectivity index (χ2n) is 9.02. The fraction of sp³-hybridized carbons (Fsp3) is 0.214. The van der Waals surface area contributed by atoms with Crippen LogP contribution in [0.1, 0.15) is 35.1 Å². The smallest absolute Gasteiger partial charge is 0.330 e. The van der Waals surface area contributed by atoms with Gasteiger partial charge in [0, 0.05) is 18.5 Å². The molecule has 5 rings (SSSR count). The lowest BCUT2D eigenvalue weighted by molar-refractivity contribution is -0.137. The van der Waals surface area contributed by atoms with Gasteiger partial charge in [0.1, 0.15) is 11.0 Å². The highest BCUT2D eigenvalue weighted by Crippen LogP contribution is 2.31. The second kappa shape index (κ2) is 8.73. The molecule has 0 bridgehead atoms. The van der Waals surface area contributed by atoms with E-state index >= 15 is 0 Å². The Kier molecular flexibility index (Phi) is 5.71. The van der Waals surface area contributed by atoms with E-state index < -0.39 is 11.7 Å². The molecule has 7 heteroatoms. The maximum atomic E-state index is 13.7. The SMILES string of the molecule is Cc1ccc2c(c1)c1ncn(CC(C)c3ccccc3)c(=O)c1n2Cc1cccc(C(F)(F)F)c1. The van der Waals surface area contributed by atoms with Crippen molar-refractivity contribution in [3.63, 3.8) is 0 Å². The normalized spacial score (nSPS) is 12.9. The Morgan fingerprint density at radius 3 is 2.49 bits per heavy atom. The van der Waals surface area contributed by atoms with Crippen molar-refractivity contribution in [1.29, 1.82) is 0 Å². The molecule has 0 aliphatic heterocycles. The minimum atomic E-state index is -4.43. The molecule has 1 unspecified atom stereocenters. The van der Waals surface area contributed by atoms with Crippen molar-refractivity contribution < 1.29 is 13.2 Å². The van der Waals surface area contributed by atoms with E-state index in [0.717, 1.165) is 34.2 Å². The fourth-order valence-electron chi connectivity index (χ4n) is 4.62. The molecule has 35 heavy (non-hydrogen) atoms. The number of halogens is 3. The number of alkyl halides is 3. The molecule has 3 aromatic carbocycles. The number of hydrogen-bond donors (Lipinski definition) is 0. The third kappa shape index (κ3) is 4.34. The van der Waals surface area contributed by atoms with Crippen LogP contribution in [0.15, 0.2) is 83.9 Å². The topological polar surface area (TPSA) is 39.8 Å². The fourth-order valence-corrected chi connectivity index (χ4v) is 4.62. The van der Waals surface area contributed by atoms with Crippen LogP contribution in [0.3, 0.4) is 0 Å². The molecule has 0 aliphatic carbocycles. The van der Waals surface area contributed by atoms with Crippen LogP contribution < -0.4 is 5.56 Å².